The number of rotatable bonds is 0. The van der Waals surface area contributed by atoms with Crippen molar-refractivity contribution in [2.45, 2.75) is 6.10 Å². The standard InChI is InChI=1S/C13H10O.ClH/c1-2-6-11-10(5-1)9-14-13-8-4-3-7-12(11)13;/h1-9,13H;1H. The first kappa shape index (κ1) is 10.1. The second-order valence-electron chi connectivity index (χ2n) is 3.46. The molecule has 1 nitrogen and oxygen atoms in total. The molecule has 0 amide bonds. The molecule has 1 heterocycles. The fourth-order valence-corrected chi connectivity index (χ4v) is 1.89. The number of hydrogen-bond acceptors (Lipinski definition) is 1. The predicted octanol–water partition coefficient (Wildman–Crippen LogP) is 1.52. The van der Waals surface area contributed by atoms with Crippen molar-refractivity contribution in [1.82, 2.24) is 0 Å². The normalized spacial score (nSPS) is 20.5. The van der Waals surface area contributed by atoms with Crippen molar-refractivity contribution < 1.29 is 4.74 Å². The smallest absolute Gasteiger partial charge is 0.142 e. The van der Waals surface area contributed by atoms with Gasteiger partial charge in [-0.1, -0.05) is 42.5 Å². The van der Waals surface area contributed by atoms with Gasteiger partial charge >= 0.3 is 0 Å². The number of hydrogen-bond donors (Lipinski definition) is 0. The molecule has 76 valence electrons. The molecule has 0 saturated heterocycles. The summed E-state index contributed by atoms with van der Waals surface area (Å²) in [5.74, 6) is 0. The Balaban J connectivity index is 0.000000853. The summed E-state index contributed by atoms with van der Waals surface area (Å²) in [4.78, 5) is 0. The fourth-order valence-electron chi connectivity index (χ4n) is 1.89. The van der Waals surface area contributed by atoms with Crippen molar-refractivity contribution in [3.05, 3.63) is 59.0 Å². The molecular formula is C13H11ClO. The Hall–Kier alpha value is -1.47. The molecule has 1 aromatic rings. The van der Waals surface area contributed by atoms with Gasteiger partial charge in [-0.2, -0.15) is 0 Å². The first-order valence-corrected chi connectivity index (χ1v) is 4.75. The number of ether oxygens (including phenoxy) is 1. The first-order chi connectivity index (χ1) is 6.95. The summed E-state index contributed by atoms with van der Waals surface area (Å²) < 4.78 is 5.61. The summed E-state index contributed by atoms with van der Waals surface area (Å²) in [5, 5.41) is 2.45. The fraction of sp³-hybridized carbons (Fsp3) is 0.0769. The van der Waals surface area contributed by atoms with Crippen LogP contribution < -0.4 is 10.4 Å². The van der Waals surface area contributed by atoms with E-state index in [0.717, 1.165) is 0 Å². The molecule has 0 radical (unpaired) electrons. The molecule has 0 fully saturated rings. The van der Waals surface area contributed by atoms with Crippen LogP contribution >= 0.6 is 12.4 Å². The van der Waals surface area contributed by atoms with Crippen LogP contribution in [0, 0.1) is 0 Å². The highest BCUT2D eigenvalue weighted by atomic mass is 35.5. The van der Waals surface area contributed by atoms with Crippen LogP contribution in [-0.2, 0) is 4.74 Å². The van der Waals surface area contributed by atoms with Crippen LogP contribution in [0.5, 0.6) is 0 Å². The third-order valence-corrected chi connectivity index (χ3v) is 2.59. The van der Waals surface area contributed by atoms with Gasteiger partial charge in [0.05, 0.1) is 6.26 Å². The summed E-state index contributed by atoms with van der Waals surface area (Å²) in [6.07, 6.45) is 10.2. The maximum absolute atomic E-state index is 5.61. The molecule has 1 aliphatic heterocycles. The first-order valence-electron chi connectivity index (χ1n) is 4.75. The van der Waals surface area contributed by atoms with Crippen LogP contribution in [0.2, 0.25) is 0 Å². The van der Waals surface area contributed by atoms with Gasteiger partial charge in [-0.05, 0) is 11.3 Å². The Labute approximate surface area is 94.5 Å². The highest BCUT2D eigenvalue weighted by molar-refractivity contribution is 5.85. The third-order valence-electron chi connectivity index (χ3n) is 2.59. The Morgan fingerprint density at radius 3 is 2.87 bits per heavy atom. The van der Waals surface area contributed by atoms with Crippen molar-refractivity contribution in [1.29, 1.82) is 0 Å². The molecule has 1 aliphatic carbocycles. The van der Waals surface area contributed by atoms with E-state index in [1.165, 1.54) is 16.0 Å². The van der Waals surface area contributed by atoms with Crippen LogP contribution in [0.1, 0.15) is 0 Å². The van der Waals surface area contributed by atoms with Gasteiger partial charge in [0.15, 0.2) is 0 Å². The van der Waals surface area contributed by atoms with Crippen molar-refractivity contribution in [2.75, 3.05) is 0 Å². The number of benzene rings is 1. The Morgan fingerprint density at radius 1 is 1.07 bits per heavy atom. The van der Waals surface area contributed by atoms with Crippen LogP contribution in [0.3, 0.4) is 0 Å². The van der Waals surface area contributed by atoms with Gasteiger partial charge in [0, 0.05) is 10.8 Å². The van der Waals surface area contributed by atoms with Crippen LogP contribution in [0.15, 0.2) is 48.6 Å². The zero-order valence-corrected chi connectivity index (χ0v) is 8.91. The minimum Gasteiger partial charge on any atom is -0.489 e. The lowest BCUT2D eigenvalue weighted by Crippen LogP contribution is -2.35. The molecule has 1 unspecified atom stereocenters. The van der Waals surface area contributed by atoms with E-state index in [1.54, 1.807) is 0 Å². The summed E-state index contributed by atoms with van der Waals surface area (Å²) in [5.41, 5.74) is 1.26. The lowest BCUT2D eigenvalue weighted by atomic mass is 9.99. The number of fused-ring (bicyclic) bond motifs is 2. The lowest BCUT2D eigenvalue weighted by molar-refractivity contribution is 0.275. The van der Waals surface area contributed by atoms with Crippen molar-refractivity contribution in [3.63, 3.8) is 0 Å². The Bertz CT molecular complexity index is 540. The molecular weight excluding hydrogens is 208 g/mol. The SMILES string of the molecule is C1=CC2=c3ccccc3=COC2C=C1.Cl. The maximum Gasteiger partial charge on any atom is 0.142 e. The molecule has 0 aromatic heterocycles. The largest absolute Gasteiger partial charge is 0.489 e. The van der Waals surface area contributed by atoms with E-state index in [2.05, 4.69) is 36.4 Å². The average molecular weight is 219 g/mol. The van der Waals surface area contributed by atoms with Gasteiger partial charge in [-0.3, -0.25) is 0 Å². The molecule has 2 heteroatoms. The van der Waals surface area contributed by atoms with E-state index in [1.807, 2.05) is 18.4 Å². The van der Waals surface area contributed by atoms with Gasteiger partial charge < -0.3 is 4.74 Å². The topological polar surface area (TPSA) is 9.23 Å². The lowest BCUT2D eigenvalue weighted by Gasteiger charge is -2.20. The molecule has 0 N–H and O–H groups in total. The van der Waals surface area contributed by atoms with E-state index in [0.29, 0.717) is 0 Å². The Morgan fingerprint density at radius 2 is 1.93 bits per heavy atom. The van der Waals surface area contributed by atoms with Crippen LogP contribution in [0.25, 0.3) is 11.8 Å². The van der Waals surface area contributed by atoms with Gasteiger partial charge in [-0.25, -0.2) is 0 Å². The summed E-state index contributed by atoms with van der Waals surface area (Å²) >= 11 is 0. The molecule has 1 aromatic carbocycles. The van der Waals surface area contributed by atoms with E-state index < -0.39 is 0 Å². The van der Waals surface area contributed by atoms with Crippen molar-refractivity contribution in [3.8, 4) is 0 Å². The van der Waals surface area contributed by atoms with Crippen LogP contribution in [-0.4, -0.2) is 6.10 Å². The summed E-state index contributed by atoms with van der Waals surface area (Å²) in [7, 11) is 0. The zero-order valence-electron chi connectivity index (χ0n) is 8.09. The molecule has 0 spiro atoms. The Kier molecular flexibility index (Phi) is 2.65. The molecule has 1 atom stereocenters. The maximum atomic E-state index is 5.61. The number of allylic oxidation sites excluding steroid dienone is 2. The summed E-state index contributed by atoms with van der Waals surface area (Å²) in [6.45, 7) is 0. The van der Waals surface area contributed by atoms with E-state index >= 15 is 0 Å². The zero-order chi connectivity index (χ0) is 9.38. The molecule has 0 bridgehead atoms. The highest BCUT2D eigenvalue weighted by Crippen LogP contribution is 2.16. The average Bonchev–Trinajstić information content (AvgIpc) is 2.29. The van der Waals surface area contributed by atoms with E-state index in [4.69, 9.17) is 4.74 Å². The van der Waals surface area contributed by atoms with E-state index in [-0.39, 0.29) is 18.5 Å². The molecule has 3 rings (SSSR count). The molecule has 2 aliphatic rings. The quantitative estimate of drug-likeness (QED) is 0.642. The highest BCUT2D eigenvalue weighted by Gasteiger charge is 2.14. The van der Waals surface area contributed by atoms with Crippen molar-refractivity contribution in [2.24, 2.45) is 0 Å². The van der Waals surface area contributed by atoms with Gasteiger partial charge in [0.2, 0.25) is 0 Å². The predicted molar refractivity (Wildman–Crippen MR) is 64.0 cm³/mol. The molecule has 15 heavy (non-hydrogen) atoms. The number of halogens is 1. The monoisotopic (exact) mass is 218 g/mol. The molecule has 0 saturated carbocycles. The van der Waals surface area contributed by atoms with E-state index in [9.17, 15) is 0 Å². The van der Waals surface area contributed by atoms with Crippen LogP contribution in [0.4, 0.5) is 0 Å². The second-order valence-corrected chi connectivity index (χ2v) is 3.46. The van der Waals surface area contributed by atoms with Gasteiger partial charge in [-0.15, -0.1) is 12.4 Å². The minimum absolute atomic E-state index is 0. The van der Waals surface area contributed by atoms with Gasteiger partial charge in [0.25, 0.3) is 0 Å². The second kappa shape index (κ2) is 3.95. The minimum atomic E-state index is 0. The summed E-state index contributed by atoms with van der Waals surface area (Å²) in [6, 6.07) is 8.31. The third kappa shape index (κ3) is 1.59. The van der Waals surface area contributed by atoms with Crippen molar-refractivity contribution >= 4 is 24.2 Å². The van der Waals surface area contributed by atoms with Gasteiger partial charge in [0.1, 0.15) is 6.10 Å².